The number of nitrogens with one attached hydrogen (secondary N) is 1. The second-order valence-electron chi connectivity index (χ2n) is 4.45. The van der Waals surface area contributed by atoms with Crippen LogP contribution in [0, 0.1) is 0 Å². The van der Waals surface area contributed by atoms with Crippen molar-refractivity contribution in [1.82, 2.24) is 14.9 Å². The number of aliphatic hydroxyl groups excluding tert-OH is 1. The van der Waals surface area contributed by atoms with E-state index in [-0.39, 0.29) is 30.4 Å². The lowest BCUT2D eigenvalue weighted by atomic mass is 10.2. The third-order valence-electron chi connectivity index (χ3n) is 2.97. The summed E-state index contributed by atoms with van der Waals surface area (Å²) in [6.07, 6.45) is 0.767. The van der Waals surface area contributed by atoms with Crippen LogP contribution < -0.4 is 5.56 Å². The molecule has 0 saturated heterocycles. The topological polar surface area (TPSA) is 86.3 Å². The van der Waals surface area contributed by atoms with Crippen molar-refractivity contribution in [2.75, 3.05) is 19.7 Å². The van der Waals surface area contributed by atoms with Crippen LogP contribution in [0.2, 0.25) is 0 Å². The van der Waals surface area contributed by atoms with Gasteiger partial charge in [0.25, 0.3) is 11.5 Å². The lowest BCUT2D eigenvalue weighted by molar-refractivity contribution is 0.0710. The fourth-order valence-electron chi connectivity index (χ4n) is 2.04. The average molecular weight is 275 g/mol. The number of carbonyl (C=O) groups is 1. The van der Waals surface area contributed by atoms with Gasteiger partial charge in [-0.2, -0.15) is 0 Å². The SMILES string of the molecule is CCCN(CCO)C(=O)c1nc2ccccc2c(=O)[nH]1. The summed E-state index contributed by atoms with van der Waals surface area (Å²) >= 11 is 0. The zero-order chi connectivity index (χ0) is 14.5. The number of H-pyrrole nitrogens is 1. The first-order valence-electron chi connectivity index (χ1n) is 6.56. The molecule has 20 heavy (non-hydrogen) atoms. The molecule has 0 bridgehead atoms. The van der Waals surface area contributed by atoms with Crippen molar-refractivity contribution < 1.29 is 9.90 Å². The first-order valence-corrected chi connectivity index (χ1v) is 6.56. The molecule has 0 fully saturated rings. The second-order valence-corrected chi connectivity index (χ2v) is 4.45. The summed E-state index contributed by atoms with van der Waals surface area (Å²) in [6.45, 7) is 2.55. The van der Waals surface area contributed by atoms with E-state index < -0.39 is 0 Å². The number of nitrogens with zero attached hydrogens (tertiary/aromatic N) is 2. The number of benzene rings is 1. The van der Waals surface area contributed by atoms with Gasteiger partial charge >= 0.3 is 0 Å². The highest BCUT2D eigenvalue weighted by Gasteiger charge is 2.18. The Kier molecular flexibility index (Phi) is 4.47. The lowest BCUT2D eigenvalue weighted by Crippen LogP contribution is -2.36. The van der Waals surface area contributed by atoms with Crippen LogP contribution in [-0.2, 0) is 0 Å². The van der Waals surface area contributed by atoms with Gasteiger partial charge in [-0.15, -0.1) is 0 Å². The summed E-state index contributed by atoms with van der Waals surface area (Å²) < 4.78 is 0. The van der Waals surface area contributed by atoms with Crippen molar-refractivity contribution in [2.45, 2.75) is 13.3 Å². The van der Waals surface area contributed by atoms with E-state index in [1.165, 1.54) is 4.90 Å². The van der Waals surface area contributed by atoms with E-state index >= 15 is 0 Å². The fraction of sp³-hybridized carbons (Fsp3) is 0.357. The number of carbonyl (C=O) groups excluding carboxylic acids is 1. The van der Waals surface area contributed by atoms with Gasteiger partial charge in [0.1, 0.15) is 0 Å². The number of hydrogen-bond acceptors (Lipinski definition) is 4. The Bertz CT molecular complexity index is 660. The van der Waals surface area contributed by atoms with Crippen LogP contribution in [0.4, 0.5) is 0 Å². The number of aromatic amines is 1. The van der Waals surface area contributed by atoms with Crippen molar-refractivity contribution in [1.29, 1.82) is 0 Å². The monoisotopic (exact) mass is 275 g/mol. The minimum atomic E-state index is -0.372. The van der Waals surface area contributed by atoms with E-state index in [1.807, 2.05) is 6.92 Å². The Morgan fingerprint density at radius 1 is 1.35 bits per heavy atom. The molecule has 2 N–H and O–H groups in total. The maximum atomic E-state index is 12.3. The van der Waals surface area contributed by atoms with E-state index in [0.717, 1.165) is 6.42 Å². The highest BCUT2D eigenvalue weighted by molar-refractivity contribution is 5.92. The molecule has 0 saturated carbocycles. The van der Waals surface area contributed by atoms with Gasteiger partial charge in [-0.1, -0.05) is 19.1 Å². The molecule has 6 nitrogen and oxygen atoms in total. The zero-order valence-electron chi connectivity index (χ0n) is 11.3. The molecular formula is C14H17N3O3. The standard InChI is InChI=1S/C14H17N3O3/c1-2-7-17(8-9-18)14(20)12-15-11-6-4-3-5-10(11)13(19)16-12/h3-6,18H,2,7-9H2,1H3,(H,15,16,19). The number of rotatable bonds is 5. The summed E-state index contributed by atoms with van der Waals surface area (Å²) in [7, 11) is 0. The van der Waals surface area contributed by atoms with E-state index in [9.17, 15) is 9.59 Å². The number of aliphatic hydroxyl groups is 1. The molecule has 0 unspecified atom stereocenters. The van der Waals surface area contributed by atoms with E-state index in [0.29, 0.717) is 17.4 Å². The molecule has 1 aromatic heterocycles. The van der Waals surface area contributed by atoms with Crippen LogP contribution in [0.15, 0.2) is 29.1 Å². The second kappa shape index (κ2) is 6.29. The van der Waals surface area contributed by atoms with Crippen molar-refractivity contribution in [2.24, 2.45) is 0 Å². The van der Waals surface area contributed by atoms with Gasteiger partial charge in [-0.25, -0.2) is 4.98 Å². The summed E-state index contributed by atoms with van der Waals surface area (Å²) in [5, 5.41) is 9.45. The van der Waals surface area contributed by atoms with Gasteiger partial charge in [0.2, 0.25) is 0 Å². The molecule has 1 amide bonds. The summed E-state index contributed by atoms with van der Waals surface area (Å²) in [4.78, 5) is 32.4. The Hall–Kier alpha value is -2.21. The van der Waals surface area contributed by atoms with Crippen molar-refractivity contribution in [3.63, 3.8) is 0 Å². The van der Waals surface area contributed by atoms with Gasteiger partial charge in [0.05, 0.1) is 17.5 Å². The average Bonchev–Trinajstić information content (AvgIpc) is 2.46. The van der Waals surface area contributed by atoms with Crippen LogP contribution >= 0.6 is 0 Å². The zero-order valence-corrected chi connectivity index (χ0v) is 11.3. The molecule has 6 heteroatoms. The van der Waals surface area contributed by atoms with Gasteiger partial charge in [-0.3, -0.25) is 9.59 Å². The smallest absolute Gasteiger partial charge is 0.289 e. The number of para-hydroxylation sites is 1. The Morgan fingerprint density at radius 2 is 2.10 bits per heavy atom. The molecule has 0 aliphatic rings. The maximum absolute atomic E-state index is 12.3. The fourth-order valence-corrected chi connectivity index (χ4v) is 2.04. The van der Waals surface area contributed by atoms with Crippen molar-refractivity contribution in [3.8, 4) is 0 Å². The minimum Gasteiger partial charge on any atom is -0.395 e. The molecule has 0 aliphatic heterocycles. The largest absolute Gasteiger partial charge is 0.395 e. The van der Waals surface area contributed by atoms with Crippen LogP contribution in [0.1, 0.15) is 24.0 Å². The molecule has 1 heterocycles. The third-order valence-corrected chi connectivity index (χ3v) is 2.97. The van der Waals surface area contributed by atoms with Gasteiger partial charge in [0, 0.05) is 13.1 Å². The minimum absolute atomic E-state index is 0.00981. The number of hydrogen-bond donors (Lipinski definition) is 2. The van der Waals surface area contributed by atoms with Crippen LogP contribution in [0.25, 0.3) is 10.9 Å². The molecule has 106 valence electrons. The summed E-state index contributed by atoms with van der Waals surface area (Å²) in [5.41, 5.74) is 0.152. The molecule has 1 aromatic carbocycles. The van der Waals surface area contributed by atoms with Gasteiger partial charge < -0.3 is 15.0 Å². The van der Waals surface area contributed by atoms with E-state index in [1.54, 1.807) is 24.3 Å². The molecular weight excluding hydrogens is 258 g/mol. The maximum Gasteiger partial charge on any atom is 0.289 e. The van der Waals surface area contributed by atoms with Crippen LogP contribution in [-0.4, -0.2) is 45.6 Å². The quantitative estimate of drug-likeness (QED) is 0.843. The highest BCUT2D eigenvalue weighted by Crippen LogP contribution is 2.07. The predicted octanol–water partition coefficient (Wildman–Crippen LogP) is 0.768. The number of aromatic nitrogens is 2. The molecule has 2 rings (SSSR count). The summed E-state index contributed by atoms with van der Waals surface area (Å²) in [5.74, 6) is -0.362. The van der Waals surface area contributed by atoms with Crippen LogP contribution in [0.5, 0.6) is 0 Å². The third kappa shape index (κ3) is 2.85. The first-order chi connectivity index (χ1) is 9.67. The molecule has 0 radical (unpaired) electrons. The van der Waals surface area contributed by atoms with E-state index in [2.05, 4.69) is 9.97 Å². The lowest BCUT2D eigenvalue weighted by Gasteiger charge is -2.20. The molecule has 0 atom stereocenters. The number of fused-ring (bicyclic) bond motifs is 1. The van der Waals surface area contributed by atoms with Crippen molar-refractivity contribution >= 4 is 16.8 Å². The van der Waals surface area contributed by atoms with Gasteiger partial charge in [0.15, 0.2) is 5.82 Å². The highest BCUT2D eigenvalue weighted by atomic mass is 16.3. The summed E-state index contributed by atoms with van der Waals surface area (Å²) in [6, 6.07) is 6.86. The van der Waals surface area contributed by atoms with Gasteiger partial charge in [-0.05, 0) is 18.6 Å². The van der Waals surface area contributed by atoms with Crippen LogP contribution in [0.3, 0.4) is 0 Å². The van der Waals surface area contributed by atoms with E-state index in [4.69, 9.17) is 5.11 Å². The Labute approximate surface area is 116 Å². The van der Waals surface area contributed by atoms with Crippen molar-refractivity contribution in [3.05, 3.63) is 40.4 Å². The Morgan fingerprint density at radius 3 is 2.80 bits per heavy atom. The molecule has 0 aliphatic carbocycles. The molecule has 0 spiro atoms. The Balaban J connectivity index is 2.41. The number of amides is 1. The normalized spacial score (nSPS) is 10.7. The molecule has 2 aromatic rings. The first kappa shape index (κ1) is 14.2. The predicted molar refractivity (Wildman–Crippen MR) is 75.6 cm³/mol.